The van der Waals surface area contributed by atoms with Crippen molar-refractivity contribution in [2.45, 2.75) is 116 Å². The van der Waals surface area contributed by atoms with Crippen LogP contribution in [0.3, 0.4) is 0 Å². The number of unbranched alkanes of at least 4 members (excludes halogenated alkanes) is 13. The summed E-state index contributed by atoms with van der Waals surface area (Å²) in [6.07, 6.45) is 18.3. The van der Waals surface area contributed by atoms with E-state index in [1.807, 2.05) is 0 Å². The fourth-order valence-electron chi connectivity index (χ4n) is 2.96. The summed E-state index contributed by atoms with van der Waals surface area (Å²) in [7, 11) is 0. The zero-order valence-electron chi connectivity index (χ0n) is 15.6. The third kappa shape index (κ3) is 14.7. The lowest BCUT2D eigenvalue weighted by Gasteiger charge is -2.14. The lowest BCUT2D eigenvalue weighted by atomic mass is 9.98. The van der Waals surface area contributed by atoms with Gasteiger partial charge in [-0.2, -0.15) is 0 Å². The Hall–Kier alpha value is -0.570. The number of aliphatic hydroxyl groups excluding tert-OH is 1. The van der Waals surface area contributed by atoms with Gasteiger partial charge in [0.1, 0.15) is 0 Å². The van der Waals surface area contributed by atoms with Crippen LogP contribution in [0.25, 0.3) is 0 Å². The number of carboxylic acid groups (broad SMARTS) is 1. The average Bonchev–Trinajstić information content (AvgIpc) is 2.54. The highest BCUT2D eigenvalue weighted by Crippen LogP contribution is 2.15. The van der Waals surface area contributed by atoms with Gasteiger partial charge in [-0.25, -0.2) is 0 Å². The van der Waals surface area contributed by atoms with E-state index in [9.17, 15) is 9.90 Å². The Morgan fingerprint density at radius 2 is 1.09 bits per heavy atom. The van der Waals surface area contributed by atoms with E-state index in [0.29, 0.717) is 6.42 Å². The van der Waals surface area contributed by atoms with E-state index in [-0.39, 0.29) is 0 Å². The van der Waals surface area contributed by atoms with Crippen LogP contribution in [0.5, 0.6) is 0 Å². The number of hydrogen-bond acceptors (Lipinski definition) is 2. The molecule has 23 heavy (non-hydrogen) atoms. The largest absolute Gasteiger partial charge is 0.481 e. The molecule has 0 aliphatic heterocycles. The Balaban J connectivity index is 3.18. The molecule has 2 atom stereocenters. The summed E-state index contributed by atoms with van der Waals surface area (Å²) in [4.78, 5) is 10.7. The second-order valence-electron chi connectivity index (χ2n) is 7.08. The van der Waals surface area contributed by atoms with Gasteiger partial charge < -0.3 is 10.2 Å². The van der Waals surface area contributed by atoms with E-state index in [0.717, 1.165) is 12.8 Å². The third-order valence-electron chi connectivity index (χ3n) is 4.82. The van der Waals surface area contributed by atoms with Gasteiger partial charge >= 0.3 is 5.97 Å². The van der Waals surface area contributed by atoms with Crippen LogP contribution < -0.4 is 0 Å². The van der Waals surface area contributed by atoms with Crippen molar-refractivity contribution in [3.05, 3.63) is 0 Å². The molecule has 2 N–H and O–H groups in total. The van der Waals surface area contributed by atoms with Crippen molar-refractivity contribution in [3.8, 4) is 0 Å². The molecule has 0 bridgehead atoms. The SMILES string of the molecule is CCCCCCCCCCCCCCCCC(O)C(C)C(=O)O. The molecule has 0 saturated heterocycles. The van der Waals surface area contributed by atoms with E-state index in [4.69, 9.17) is 5.11 Å². The van der Waals surface area contributed by atoms with Crippen molar-refractivity contribution in [3.63, 3.8) is 0 Å². The molecule has 0 rings (SSSR count). The van der Waals surface area contributed by atoms with Gasteiger partial charge in [-0.1, -0.05) is 96.8 Å². The number of carboxylic acids is 1. The smallest absolute Gasteiger partial charge is 0.308 e. The maximum Gasteiger partial charge on any atom is 0.308 e. The average molecular weight is 329 g/mol. The molecule has 0 aliphatic carbocycles. The zero-order chi connectivity index (χ0) is 17.3. The van der Waals surface area contributed by atoms with E-state index in [2.05, 4.69) is 6.92 Å². The first-order valence-electron chi connectivity index (χ1n) is 10.0. The van der Waals surface area contributed by atoms with E-state index >= 15 is 0 Å². The van der Waals surface area contributed by atoms with E-state index in [1.54, 1.807) is 6.92 Å². The molecule has 0 radical (unpaired) electrons. The second-order valence-corrected chi connectivity index (χ2v) is 7.08. The van der Waals surface area contributed by atoms with Crippen LogP contribution in [0.15, 0.2) is 0 Å². The topological polar surface area (TPSA) is 57.5 Å². The number of aliphatic carboxylic acids is 1. The van der Waals surface area contributed by atoms with Gasteiger partial charge in [0.05, 0.1) is 12.0 Å². The van der Waals surface area contributed by atoms with Crippen molar-refractivity contribution in [2.24, 2.45) is 5.92 Å². The monoisotopic (exact) mass is 328 g/mol. The minimum atomic E-state index is -0.900. The highest BCUT2D eigenvalue weighted by Gasteiger charge is 2.20. The van der Waals surface area contributed by atoms with Crippen LogP contribution in [0.2, 0.25) is 0 Å². The van der Waals surface area contributed by atoms with Crippen molar-refractivity contribution in [2.75, 3.05) is 0 Å². The quantitative estimate of drug-likeness (QED) is 0.325. The minimum absolute atomic E-state index is 0.617. The molecule has 138 valence electrons. The van der Waals surface area contributed by atoms with Crippen LogP contribution >= 0.6 is 0 Å². The maximum absolute atomic E-state index is 10.7. The van der Waals surface area contributed by atoms with Gasteiger partial charge in [0.25, 0.3) is 0 Å². The fraction of sp³-hybridized carbons (Fsp3) is 0.950. The summed E-state index contributed by atoms with van der Waals surface area (Å²) in [5, 5.41) is 18.5. The number of hydrogen-bond donors (Lipinski definition) is 2. The first-order chi connectivity index (χ1) is 11.1. The van der Waals surface area contributed by atoms with Crippen LogP contribution in [-0.4, -0.2) is 22.3 Å². The summed E-state index contributed by atoms with van der Waals surface area (Å²) in [6, 6.07) is 0. The molecule has 0 saturated carbocycles. The Bertz CT molecular complexity index is 266. The second kappa shape index (κ2) is 16.3. The lowest BCUT2D eigenvalue weighted by Crippen LogP contribution is -2.25. The highest BCUT2D eigenvalue weighted by molar-refractivity contribution is 5.70. The summed E-state index contributed by atoms with van der Waals surface area (Å²) in [6.45, 7) is 3.84. The van der Waals surface area contributed by atoms with Crippen molar-refractivity contribution in [1.82, 2.24) is 0 Å². The molecular weight excluding hydrogens is 288 g/mol. The molecule has 0 aromatic heterocycles. The first kappa shape index (κ1) is 22.4. The van der Waals surface area contributed by atoms with Crippen molar-refractivity contribution in [1.29, 1.82) is 0 Å². The molecule has 3 heteroatoms. The summed E-state index contributed by atoms with van der Waals surface area (Å²) in [5.74, 6) is -1.54. The molecular formula is C20H40O3. The Morgan fingerprint density at radius 3 is 1.43 bits per heavy atom. The zero-order valence-corrected chi connectivity index (χ0v) is 15.6. The summed E-state index contributed by atoms with van der Waals surface area (Å²) >= 11 is 0. The number of aliphatic hydroxyl groups is 1. The first-order valence-corrected chi connectivity index (χ1v) is 10.0. The Kier molecular flexibility index (Phi) is 15.9. The lowest BCUT2D eigenvalue weighted by molar-refractivity contribution is -0.144. The number of carbonyl (C=O) groups is 1. The van der Waals surface area contributed by atoms with Gasteiger partial charge in [-0.05, 0) is 13.3 Å². The Labute approximate surface area is 143 Å². The summed E-state index contributed by atoms with van der Waals surface area (Å²) < 4.78 is 0. The van der Waals surface area contributed by atoms with Gasteiger partial charge in [0, 0.05) is 0 Å². The van der Waals surface area contributed by atoms with Crippen molar-refractivity contribution >= 4 is 5.97 Å². The Morgan fingerprint density at radius 1 is 0.739 bits per heavy atom. The highest BCUT2D eigenvalue weighted by atomic mass is 16.4. The van der Waals surface area contributed by atoms with E-state index < -0.39 is 18.0 Å². The van der Waals surface area contributed by atoms with Crippen LogP contribution in [0.1, 0.15) is 110 Å². The number of rotatable bonds is 17. The normalized spacial score (nSPS) is 13.9. The molecule has 0 fully saturated rings. The van der Waals surface area contributed by atoms with Crippen LogP contribution in [0, 0.1) is 5.92 Å². The van der Waals surface area contributed by atoms with Gasteiger partial charge in [0.2, 0.25) is 0 Å². The minimum Gasteiger partial charge on any atom is -0.481 e. The third-order valence-corrected chi connectivity index (χ3v) is 4.82. The molecule has 3 nitrogen and oxygen atoms in total. The van der Waals surface area contributed by atoms with Crippen molar-refractivity contribution < 1.29 is 15.0 Å². The molecule has 0 heterocycles. The molecule has 0 aliphatic rings. The standard InChI is InChI=1S/C20H40O3/c1-3-4-5-6-7-8-9-10-11-12-13-14-15-16-17-19(21)18(2)20(22)23/h18-19,21H,3-17H2,1-2H3,(H,22,23). The predicted octanol–water partition coefficient (Wildman–Crippen LogP) is 5.94. The molecule has 2 unspecified atom stereocenters. The van der Waals surface area contributed by atoms with Crippen LogP contribution in [0.4, 0.5) is 0 Å². The molecule has 0 aromatic rings. The fourth-order valence-corrected chi connectivity index (χ4v) is 2.96. The summed E-state index contributed by atoms with van der Waals surface area (Å²) in [5.41, 5.74) is 0. The van der Waals surface area contributed by atoms with E-state index in [1.165, 1.54) is 77.0 Å². The predicted molar refractivity (Wildman–Crippen MR) is 97.7 cm³/mol. The molecule has 0 amide bonds. The van der Waals surface area contributed by atoms with Crippen LogP contribution in [-0.2, 0) is 4.79 Å². The van der Waals surface area contributed by atoms with Gasteiger partial charge in [-0.3, -0.25) is 4.79 Å². The maximum atomic E-state index is 10.7. The van der Waals surface area contributed by atoms with Gasteiger partial charge in [-0.15, -0.1) is 0 Å². The van der Waals surface area contributed by atoms with Gasteiger partial charge in [0.15, 0.2) is 0 Å². The molecule has 0 spiro atoms. The molecule has 0 aromatic carbocycles.